The molecule has 1 rings (SSSR count). The zero-order valence-electron chi connectivity index (χ0n) is 15.8. The van der Waals surface area contributed by atoms with E-state index in [9.17, 15) is 0 Å². The van der Waals surface area contributed by atoms with E-state index in [0.29, 0.717) is 11.8 Å². The Morgan fingerprint density at radius 3 is 2.40 bits per heavy atom. The number of rotatable bonds is 9. The van der Waals surface area contributed by atoms with E-state index >= 15 is 0 Å². The zero-order valence-corrected chi connectivity index (χ0v) is 15.8. The molecule has 1 fully saturated rings. The third kappa shape index (κ3) is 6.26. The fraction of sp³-hybridized carbons (Fsp3) is 0.333. The molecule has 0 bridgehead atoms. The average molecular weight is 337 g/mol. The van der Waals surface area contributed by atoms with Gasteiger partial charge in [-0.05, 0) is 48.3 Å². The summed E-state index contributed by atoms with van der Waals surface area (Å²) in [6.07, 6.45) is 20.8. The first kappa shape index (κ1) is 20.8. The van der Waals surface area contributed by atoms with Crippen LogP contribution in [-0.4, -0.2) is 6.10 Å². The molecule has 134 valence electrons. The standard InChI is InChI=1S/C24H32O/c1-7-12-13-16-20(10-4)19(6)17-21-18-22(11-5)25-24(15-9-3)23(21)14-8-2/h7-10,12-16,19,21-22H,1-4,11,17-18H2,5-6H3/b13-12-,20-16+,23-14-,24-15+. The fourth-order valence-corrected chi connectivity index (χ4v) is 3.24. The monoisotopic (exact) mass is 336 g/mol. The molecule has 0 aromatic rings. The first-order chi connectivity index (χ1) is 12.1. The van der Waals surface area contributed by atoms with Gasteiger partial charge in [-0.2, -0.15) is 0 Å². The van der Waals surface area contributed by atoms with Crippen molar-refractivity contribution < 1.29 is 4.74 Å². The molecule has 0 aromatic heterocycles. The molecule has 0 N–H and O–H groups in total. The van der Waals surface area contributed by atoms with Crippen molar-refractivity contribution in [3.8, 4) is 0 Å². The maximum atomic E-state index is 6.14. The minimum absolute atomic E-state index is 0.252. The highest BCUT2D eigenvalue weighted by Crippen LogP contribution is 2.39. The van der Waals surface area contributed by atoms with E-state index in [2.05, 4.69) is 52.3 Å². The van der Waals surface area contributed by atoms with E-state index in [1.165, 1.54) is 11.1 Å². The summed E-state index contributed by atoms with van der Waals surface area (Å²) in [6, 6.07) is 0. The van der Waals surface area contributed by atoms with Gasteiger partial charge < -0.3 is 4.74 Å². The van der Waals surface area contributed by atoms with Gasteiger partial charge in [0.05, 0.1) is 6.10 Å². The Hall–Kier alpha value is -2.28. The van der Waals surface area contributed by atoms with Crippen LogP contribution in [0, 0.1) is 11.8 Å². The van der Waals surface area contributed by atoms with Crippen molar-refractivity contribution in [2.75, 3.05) is 0 Å². The van der Waals surface area contributed by atoms with E-state index in [0.717, 1.165) is 25.0 Å². The summed E-state index contributed by atoms with van der Waals surface area (Å²) in [4.78, 5) is 0. The van der Waals surface area contributed by atoms with Crippen molar-refractivity contribution in [2.24, 2.45) is 11.8 Å². The van der Waals surface area contributed by atoms with E-state index in [-0.39, 0.29) is 6.10 Å². The minimum Gasteiger partial charge on any atom is -0.490 e. The topological polar surface area (TPSA) is 9.23 Å². The Labute approximate surface area is 154 Å². The molecular weight excluding hydrogens is 304 g/mol. The number of ether oxygens (including phenoxy) is 1. The highest BCUT2D eigenvalue weighted by Gasteiger charge is 2.30. The van der Waals surface area contributed by atoms with E-state index in [1.54, 1.807) is 12.2 Å². The van der Waals surface area contributed by atoms with Gasteiger partial charge in [-0.15, -0.1) is 0 Å². The van der Waals surface area contributed by atoms with Crippen molar-refractivity contribution in [1.29, 1.82) is 0 Å². The molecule has 0 aromatic carbocycles. The fourth-order valence-electron chi connectivity index (χ4n) is 3.24. The molecule has 0 amide bonds. The molecule has 1 aliphatic heterocycles. The molecule has 0 saturated carbocycles. The molecule has 1 heterocycles. The van der Waals surface area contributed by atoms with Crippen LogP contribution in [0.15, 0.2) is 97.9 Å². The molecule has 1 saturated heterocycles. The van der Waals surface area contributed by atoms with Gasteiger partial charge in [-0.25, -0.2) is 0 Å². The van der Waals surface area contributed by atoms with Crippen LogP contribution in [-0.2, 0) is 4.74 Å². The Morgan fingerprint density at radius 1 is 1.12 bits per heavy atom. The first-order valence-corrected chi connectivity index (χ1v) is 9.05. The van der Waals surface area contributed by atoms with E-state index in [4.69, 9.17) is 4.74 Å². The van der Waals surface area contributed by atoms with Gasteiger partial charge in [0.2, 0.25) is 0 Å². The highest BCUT2D eigenvalue weighted by molar-refractivity contribution is 5.36. The predicted octanol–water partition coefficient (Wildman–Crippen LogP) is 6.86. The van der Waals surface area contributed by atoms with Crippen LogP contribution in [0.2, 0.25) is 0 Å². The number of allylic oxidation sites excluding steroid dienone is 11. The SMILES string of the molecule is C=C/C=C\C=C(/C=C)C(C)CC1CC(CC)OC(=C/C=C)/C1=C\C=C. The van der Waals surface area contributed by atoms with Crippen molar-refractivity contribution >= 4 is 0 Å². The van der Waals surface area contributed by atoms with Gasteiger partial charge in [0.25, 0.3) is 0 Å². The van der Waals surface area contributed by atoms with Crippen LogP contribution < -0.4 is 0 Å². The molecule has 3 atom stereocenters. The predicted molar refractivity (Wildman–Crippen MR) is 111 cm³/mol. The largest absolute Gasteiger partial charge is 0.490 e. The molecule has 1 nitrogen and oxygen atoms in total. The zero-order chi connectivity index (χ0) is 18.7. The van der Waals surface area contributed by atoms with E-state index in [1.807, 2.05) is 30.4 Å². The Balaban J connectivity index is 3.08. The minimum atomic E-state index is 0.252. The summed E-state index contributed by atoms with van der Waals surface area (Å²) in [5.74, 6) is 1.77. The lowest BCUT2D eigenvalue weighted by molar-refractivity contribution is 0.0677. The van der Waals surface area contributed by atoms with Crippen LogP contribution in [0.4, 0.5) is 0 Å². The van der Waals surface area contributed by atoms with Gasteiger partial charge in [0, 0.05) is 0 Å². The molecule has 0 spiro atoms. The lowest BCUT2D eigenvalue weighted by atomic mass is 9.79. The van der Waals surface area contributed by atoms with Crippen molar-refractivity contribution in [1.82, 2.24) is 0 Å². The molecule has 1 heteroatoms. The number of hydrogen-bond donors (Lipinski definition) is 0. The van der Waals surface area contributed by atoms with Crippen molar-refractivity contribution in [3.05, 3.63) is 97.9 Å². The van der Waals surface area contributed by atoms with Crippen LogP contribution >= 0.6 is 0 Å². The number of hydrogen-bond acceptors (Lipinski definition) is 1. The van der Waals surface area contributed by atoms with E-state index < -0.39 is 0 Å². The van der Waals surface area contributed by atoms with Crippen molar-refractivity contribution in [2.45, 2.75) is 39.2 Å². The lowest BCUT2D eigenvalue weighted by Crippen LogP contribution is -2.27. The summed E-state index contributed by atoms with van der Waals surface area (Å²) < 4.78 is 6.14. The summed E-state index contributed by atoms with van der Waals surface area (Å²) in [7, 11) is 0. The summed E-state index contributed by atoms with van der Waals surface area (Å²) in [5.41, 5.74) is 2.46. The van der Waals surface area contributed by atoms with Crippen LogP contribution in [0.5, 0.6) is 0 Å². The molecule has 1 aliphatic rings. The normalized spacial score (nSPS) is 25.6. The summed E-state index contributed by atoms with van der Waals surface area (Å²) in [5, 5.41) is 0. The van der Waals surface area contributed by atoms with Gasteiger partial charge in [-0.3, -0.25) is 0 Å². The lowest BCUT2D eigenvalue weighted by Gasteiger charge is -2.35. The van der Waals surface area contributed by atoms with Crippen molar-refractivity contribution in [3.63, 3.8) is 0 Å². The second kappa shape index (κ2) is 11.3. The molecular formula is C24H32O. The molecule has 25 heavy (non-hydrogen) atoms. The van der Waals surface area contributed by atoms with Crippen LogP contribution in [0.1, 0.15) is 33.1 Å². The smallest absolute Gasteiger partial charge is 0.123 e. The maximum Gasteiger partial charge on any atom is 0.123 e. The van der Waals surface area contributed by atoms with Gasteiger partial charge in [-0.1, -0.05) is 88.8 Å². The Kier molecular flexibility index (Phi) is 9.39. The molecule has 0 radical (unpaired) electrons. The highest BCUT2D eigenvalue weighted by atomic mass is 16.5. The van der Waals surface area contributed by atoms with Crippen LogP contribution in [0.25, 0.3) is 0 Å². The average Bonchev–Trinajstić information content (AvgIpc) is 2.61. The molecule has 0 aliphatic carbocycles. The second-order valence-electron chi connectivity index (χ2n) is 6.33. The quantitative estimate of drug-likeness (QED) is 0.418. The van der Waals surface area contributed by atoms with Gasteiger partial charge in [0.15, 0.2) is 0 Å². The van der Waals surface area contributed by atoms with Crippen LogP contribution in [0.3, 0.4) is 0 Å². The first-order valence-electron chi connectivity index (χ1n) is 9.05. The summed E-state index contributed by atoms with van der Waals surface area (Å²) in [6.45, 7) is 19.8. The Bertz CT molecular complexity index is 598. The summed E-state index contributed by atoms with van der Waals surface area (Å²) >= 11 is 0. The van der Waals surface area contributed by atoms with Gasteiger partial charge in [0.1, 0.15) is 5.76 Å². The molecule has 3 unspecified atom stereocenters. The Morgan fingerprint density at radius 2 is 1.84 bits per heavy atom. The van der Waals surface area contributed by atoms with Gasteiger partial charge >= 0.3 is 0 Å². The maximum absolute atomic E-state index is 6.14. The third-order valence-corrected chi connectivity index (χ3v) is 4.57. The second-order valence-corrected chi connectivity index (χ2v) is 6.33. The third-order valence-electron chi connectivity index (χ3n) is 4.57.